The van der Waals surface area contributed by atoms with E-state index in [2.05, 4.69) is 25.7 Å². The van der Waals surface area contributed by atoms with Gasteiger partial charge in [-0.3, -0.25) is 4.79 Å². The van der Waals surface area contributed by atoms with Crippen molar-refractivity contribution in [2.45, 2.75) is 64.9 Å². The van der Waals surface area contributed by atoms with E-state index in [1.807, 2.05) is 0 Å². The molecule has 21 heavy (non-hydrogen) atoms. The van der Waals surface area contributed by atoms with E-state index < -0.39 is 11.6 Å². The second-order valence-corrected chi connectivity index (χ2v) is 8.25. The molecule has 0 spiro atoms. The molecule has 2 fully saturated rings. The third kappa shape index (κ3) is 4.43. The summed E-state index contributed by atoms with van der Waals surface area (Å²) in [6.45, 7) is 9.78. The van der Waals surface area contributed by atoms with E-state index >= 15 is 0 Å². The number of carboxylic acids is 1. The van der Waals surface area contributed by atoms with Gasteiger partial charge in [0.15, 0.2) is 0 Å². The molecule has 2 N–H and O–H groups in total. The summed E-state index contributed by atoms with van der Waals surface area (Å²) in [6, 6.07) is 0. The van der Waals surface area contributed by atoms with Crippen LogP contribution in [0.4, 0.5) is 0 Å². The molecule has 0 aromatic rings. The SMILES string of the molecule is CC(C)(C)C1CCN(CC2(O)CCC(C(=O)O)CC2)CC1. The molecule has 4 heteroatoms. The van der Waals surface area contributed by atoms with E-state index in [0.29, 0.717) is 31.1 Å². The van der Waals surface area contributed by atoms with Crippen LogP contribution in [0.25, 0.3) is 0 Å². The van der Waals surface area contributed by atoms with Crippen LogP contribution in [0.2, 0.25) is 0 Å². The number of nitrogens with zero attached hydrogens (tertiary/aromatic N) is 1. The van der Waals surface area contributed by atoms with Crippen LogP contribution in [0.15, 0.2) is 0 Å². The Balaban J connectivity index is 1.80. The van der Waals surface area contributed by atoms with Crippen LogP contribution < -0.4 is 0 Å². The van der Waals surface area contributed by atoms with Crippen molar-refractivity contribution in [2.75, 3.05) is 19.6 Å². The van der Waals surface area contributed by atoms with Crippen LogP contribution in [-0.2, 0) is 4.79 Å². The molecule has 122 valence electrons. The molecule has 1 heterocycles. The van der Waals surface area contributed by atoms with E-state index in [4.69, 9.17) is 5.11 Å². The highest BCUT2D eigenvalue weighted by molar-refractivity contribution is 5.70. The largest absolute Gasteiger partial charge is 0.481 e. The molecule has 0 unspecified atom stereocenters. The van der Waals surface area contributed by atoms with Crippen molar-refractivity contribution in [3.05, 3.63) is 0 Å². The smallest absolute Gasteiger partial charge is 0.306 e. The third-order valence-electron chi connectivity index (χ3n) is 5.60. The maximum absolute atomic E-state index is 11.0. The predicted octanol–water partition coefficient (Wildman–Crippen LogP) is 2.75. The number of aliphatic carboxylic acids is 1. The normalized spacial score (nSPS) is 33.0. The molecule has 0 radical (unpaired) electrons. The first kappa shape index (κ1) is 16.8. The van der Waals surface area contributed by atoms with E-state index in [1.54, 1.807) is 0 Å². The van der Waals surface area contributed by atoms with Gasteiger partial charge in [0, 0.05) is 6.54 Å². The Bertz CT molecular complexity index is 359. The zero-order valence-corrected chi connectivity index (χ0v) is 13.8. The molecule has 0 atom stereocenters. The molecular weight excluding hydrogens is 266 g/mol. The Morgan fingerprint density at radius 1 is 1.14 bits per heavy atom. The molecular formula is C17H31NO3. The highest BCUT2D eigenvalue weighted by atomic mass is 16.4. The molecule has 0 amide bonds. The standard InChI is InChI=1S/C17H31NO3/c1-16(2,3)14-6-10-18(11-7-14)12-17(21)8-4-13(5-9-17)15(19)20/h13-14,21H,4-12H2,1-3H3,(H,19,20). The summed E-state index contributed by atoms with van der Waals surface area (Å²) in [5, 5.41) is 19.8. The summed E-state index contributed by atoms with van der Waals surface area (Å²) < 4.78 is 0. The highest BCUT2D eigenvalue weighted by Gasteiger charge is 2.38. The molecule has 0 bridgehead atoms. The average Bonchev–Trinajstić information content (AvgIpc) is 2.38. The monoisotopic (exact) mass is 297 g/mol. The van der Waals surface area contributed by atoms with Gasteiger partial charge in [0.25, 0.3) is 0 Å². The number of aliphatic hydroxyl groups is 1. The van der Waals surface area contributed by atoms with Gasteiger partial charge in [-0.25, -0.2) is 0 Å². The first-order valence-corrected chi connectivity index (χ1v) is 8.37. The zero-order valence-electron chi connectivity index (χ0n) is 13.8. The lowest BCUT2D eigenvalue weighted by molar-refractivity contribution is -0.145. The van der Waals surface area contributed by atoms with Gasteiger partial charge in [-0.1, -0.05) is 20.8 Å². The predicted molar refractivity (Wildman–Crippen MR) is 83.2 cm³/mol. The number of hydrogen-bond acceptors (Lipinski definition) is 3. The lowest BCUT2D eigenvalue weighted by Gasteiger charge is -2.43. The van der Waals surface area contributed by atoms with E-state index in [9.17, 15) is 9.90 Å². The minimum Gasteiger partial charge on any atom is -0.481 e. The van der Waals surface area contributed by atoms with Crippen molar-refractivity contribution in [2.24, 2.45) is 17.3 Å². The van der Waals surface area contributed by atoms with E-state index in [1.165, 1.54) is 12.8 Å². The summed E-state index contributed by atoms with van der Waals surface area (Å²) in [6.07, 6.45) is 4.90. The van der Waals surface area contributed by atoms with Crippen LogP contribution in [0.5, 0.6) is 0 Å². The van der Waals surface area contributed by atoms with Crippen molar-refractivity contribution in [1.82, 2.24) is 4.90 Å². The minimum absolute atomic E-state index is 0.253. The van der Waals surface area contributed by atoms with Gasteiger partial charge >= 0.3 is 5.97 Å². The van der Waals surface area contributed by atoms with E-state index in [-0.39, 0.29) is 5.92 Å². The molecule has 1 saturated heterocycles. The summed E-state index contributed by atoms with van der Waals surface area (Å²) in [5.74, 6) is -0.189. The number of hydrogen-bond donors (Lipinski definition) is 2. The highest BCUT2D eigenvalue weighted by Crippen LogP contribution is 2.37. The van der Waals surface area contributed by atoms with Gasteiger partial charge in [0.2, 0.25) is 0 Å². The Hall–Kier alpha value is -0.610. The second kappa shape index (κ2) is 6.25. The molecule has 0 aromatic carbocycles. The van der Waals surface area contributed by atoms with Gasteiger partial charge in [-0.05, 0) is 62.9 Å². The Labute approximate surface area is 128 Å². The summed E-state index contributed by atoms with van der Waals surface area (Å²) >= 11 is 0. The van der Waals surface area contributed by atoms with Crippen molar-refractivity contribution < 1.29 is 15.0 Å². The fourth-order valence-corrected chi connectivity index (χ4v) is 3.93. The molecule has 1 aliphatic heterocycles. The number of likely N-dealkylation sites (tertiary alicyclic amines) is 1. The quantitative estimate of drug-likeness (QED) is 0.841. The van der Waals surface area contributed by atoms with Crippen LogP contribution >= 0.6 is 0 Å². The molecule has 0 aromatic heterocycles. The van der Waals surface area contributed by atoms with Gasteiger partial charge in [0.1, 0.15) is 0 Å². The minimum atomic E-state index is -0.706. The number of carbonyl (C=O) groups is 1. The Morgan fingerprint density at radius 3 is 2.10 bits per heavy atom. The summed E-state index contributed by atoms with van der Waals surface area (Å²) in [5.41, 5.74) is -0.289. The Morgan fingerprint density at radius 2 is 1.67 bits per heavy atom. The van der Waals surface area contributed by atoms with Crippen LogP contribution in [-0.4, -0.2) is 46.3 Å². The molecule has 4 nitrogen and oxygen atoms in total. The topological polar surface area (TPSA) is 60.8 Å². The summed E-state index contributed by atoms with van der Waals surface area (Å²) in [4.78, 5) is 13.4. The van der Waals surface area contributed by atoms with Crippen LogP contribution in [0.3, 0.4) is 0 Å². The fourth-order valence-electron chi connectivity index (χ4n) is 3.93. The number of β-amino-alcohol motifs (C(OH)–C–C–N with tert-alkyl or cyclic N) is 1. The number of rotatable bonds is 3. The first-order valence-electron chi connectivity index (χ1n) is 8.37. The fraction of sp³-hybridized carbons (Fsp3) is 0.941. The van der Waals surface area contributed by atoms with Crippen molar-refractivity contribution in [1.29, 1.82) is 0 Å². The lowest BCUT2D eigenvalue weighted by atomic mass is 9.74. The van der Waals surface area contributed by atoms with Crippen molar-refractivity contribution >= 4 is 5.97 Å². The number of piperidine rings is 1. The Kier molecular flexibility index (Phi) is 4.99. The molecule has 2 rings (SSSR count). The van der Waals surface area contributed by atoms with Crippen LogP contribution in [0.1, 0.15) is 59.3 Å². The van der Waals surface area contributed by atoms with Gasteiger partial charge in [-0.2, -0.15) is 0 Å². The maximum Gasteiger partial charge on any atom is 0.306 e. The van der Waals surface area contributed by atoms with Crippen LogP contribution in [0, 0.1) is 17.3 Å². The van der Waals surface area contributed by atoms with Crippen molar-refractivity contribution in [3.8, 4) is 0 Å². The maximum atomic E-state index is 11.0. The third-order valence-corrected chi connectivity index (χ3v) is 5.60. The molecule has 2 aliphatic rings. The molecule has 1 saturated carbocycles. The van der Waals surface area contributed by atoms with Crippen molar-refractivity contribution in [3.63, 3.8) is 0 Å². The van der Waals surface area contributed by atoms with Gasteiger partial charge in [0.05, 0.1) is 11.5 Å². The lowest BCUT2D eigenvalue weighted by Crippen LogP contribution is -2.49. The van der Waals surface area contributed by atoms with Gasteiger partial charge in [-0.15, -0.1) is 0 Å². The molecule has 1 aliphatic carbocycles. The van der Waals surface area contributed by atoms with E-state index in [0.717, 1.165) is 25.6 Å². The first-order chi connectivity index (χ1) is 9.70. The second-order valence-electron chi connectivity index (χ2n) is 8.25. The summed E-state index contributed by atoms with van der Waals surface area (Å²) in [7, 11) is 0. The zero-order chi connectivity index (χ0) is 15.7. The number of carboxylic acid groups (broad SMARTS) is 1. The van der Waals surface area contributed by atoms with Gasteiger partial charge < -0.3 is 15.1 Å². The average molecular weight is 297 g/mol.